The number of amides is 4. The molecule has 27 heavy (non-hydrogen) atoms. The predicted octanol–water partition coefficient (Wildman–Crippen LogP) is 0.161. The van der Waals surface area contributed by atoms with E-state index in [0.29, 0.717) is 25.9 Å². The minimum absolute atomic E-state index is 0.00323. The van der Waals surface area contributed by atoms with E-state index in [1.54, 1.807) is 6.07 Å². The Kier molecular flexibility index (Phi) is 5.68. The van der Waals surface area contributed by atoms with Gasteiger partial charge in [0.15, 0.2) is 0 Å². The molecule has 2 aliphatic rings. The molecular formula is C16H19ClN4O5S. The van der Waals surface area contributed by atoms with Crippen LogP contribution in [0.2, 0.25) is 5.02 Å². The largest absolute Gasteiger partial charge is 0.341 e. The highest BCUT2D eigenvalue weighted by Crippen LogP contribution is 2.19. The summed E-state index contributed by atoms with van der Waals surface area (Å²) >= 11 is 5.80. The highest BCUT2D eigenvalue weighted by atomic mass is 35.5. The second kappa shape index (κ2) is 7.83. The molecule has 0 spiro atoms. The molecule has 0 atom stereocenters. The number of hydrogen-bond donors (Lipinski definition) is 2. The van der Waals surface area contributed by atoms with Gasteiger partial charge < -0.3 is 10.2 Å². The summed E-state index contributed by atoms with van der Waals surface area (Å²) in [6.45, 7) is 0.324. The summed E-state index contributed by atoms with van der Waals surface area (Å²) in [6, 6.07) is 5.12. The minimum Gasteiger partial charge on any atom is -0.341 e. The van der Waals surface area contributed by atoms with Crippen LogP contribution < -0.4 is 10.0 Å². The zero-order chi connectivity index (χ0) is 19.6. The Balaban J connectivity index is 1.52. The monoisotopic (exact) mass is 414 g/mol. The smallest absolute Gasteiger partial charge is 0.324 e. The normalized spacial score (nSPS) is 18.7. The van der Waals surface area contributed by atoms with Crippen molar-refractivity contribution in [1.82, 2.24) is 19.8 Å². The van der Waals surface area contributed by atoms with E-state index in [0.717, 1.165) is 0 Å². The summed E-state index contributed by atoms with van der Waals surface area (Å²) < 4.78 is 26.8. The van der Waals surface area contributed by atoms with Gasteiger partial charge in [0.1, 0.15) is 0 Å². The van der Waals surface area contributed by atoms with Crippen LogP contribution in [0.3, 0.4) is 0 Å². The molecule has 4 amide bonds. The third-order valence-corrected chi connectivity index (χ3v) is 6.21. The number of hydrogen-bond acceptors (Lipinski definition) is 5. The van der Waals surface area contributed by atoms with Gasteiger partial charge in [-0.05, 0) is 31.0 Å². The summed E-state index contributed by atoms with van der Waals surface area (Å²) in [4.78, 5) is 38.5. The SMILES string of the molecule is O=C(CNS(=O)(=O)c1cccc(Cl)c1)N1CCC(N2C(=O)CNC2=O)CC1. The third-order valence-electron chi connectivity index (χ3n) is 4.58. The molecule has 0 aromatic heterocycles. The van der Waals surface area contributed by atoms with Crippen LogP contribution in [-0.2, 0) is 19.6 Å². The number of halogens is 1. The summed E-state index contributed by atoms with van der Waals surface area (Å²) in [6.07, 6.45) is 0.928. The lowest BCUT2D eigenvalue weighted by atomic mass is 10.0. The molecule has 0 saturated carbocycles. The quantitative estimate of drug-likeness (QED) is 0.666. The molecule has 1 aromatic carbocycles. The Morgan fingerprint density at radius 1 is 1.26 bits per heavy atom. The highest BCUT2D eigenvalue weighted by Gasteiger charge is 2.37. The first-order valence-corrected chi connectivity index (χ1v) is 10.3. The van der Waals surface area contributed by atoms with E-state index < -0.39 is 16.1 Å². The maximum Gasteiger partial charge on any atom is 0.324 e. The van der Waals surface area contributed by atoms with Crippen molar-refractivity contribution < 1.29 is 22.8 Å². The molecule has 2 saturated heterocycles. The van der Waals surface area contributed by atoms with Crippen LogP contribution in [0, 0.1) is 0 Å². The Hall–Kier alpha value is -2.17. The molecule has 2 fully saturated rings. The second-order valence-corrected chi connectivity index (χ2v) is 8.52. The summed E-state index contributed by atoms with van der Waals surface area (Å²) in [5, 5.41) is 2.76. The zero-order valence-electron chi connectivity index (χ0n) is 14.4. The Morgan fingerprint density at radius 2 is 1.96 bits per heavy atom. The van der Waals surface area contributed by atoms with Crippen molar-refractivity contribution in [1.29, 1.82) is 0 Å². The minimum atomic E-state index is -3.84. The number of nitrogens with zero attached hydrogens (tertiary/aromatic N) is 2. The molecule has 11 heteroatoms. The molecule has 2 aliphatic heterocycles. The van der Waals surface area contributed by atoms with Crippen LogP contribution in [0.5, 0.6) is 0 Å². The first kappa shape index (κ1) is 19.6. The van der Waals surface area contributed by atoms with Gasteiger partial charge in [-0.1, -0.05) is 17.7 Å². The van der Waals surface area contributed by atoms with Crippen LogP contribution in [0.4, 0.5) is 4.79 Å². The van der Waals surface area contributed by atoms with Crippen molar-refractivity contribution in [2.75, 3.05) is 26.2 Å². The van der Waals surface area contributed by atoms with Crippen LogP contribution in [-0.4, -0.2) is 68.3 Å². The lowest BCUT2D eigenvalue weighted by Crippen LogP contribution is -2.50. The van der Waals surface area contributed by atoms with Crippen molar-refractivity contribution in [3.63, 3.8) is 0 Å². The van der Waals surface area contributed by atoms with E-state index in [4.69, 9.17) is 11.6 Å². The van der Waals surface area contributed by atoms with Crippen molar-refractivity contribution in [2.45, 2.75) is 23.8 Å². The average Bonchev–Trinajstić information content (AvgIpc) is 2.98. The fourth-order valence-electron chi connectivity index (χ4n) is 3.16. The summed E-state index contributed by atoms with van der Waals surface area (Å²) in [5.74, 6) is -0.629. The first-order chi connectivity index (χ1) is 12.8. The molecule has 3 rings (SSSR count). The molecular weight excluding hydrogens is 396 g/mol. The number of likely N-dealkylation sites (tertiary alicyclic amines) is 1. The number of carbonyl (C=O) groups excluding carboxylic acids is 3. The van der Waals surface area contributed by atoms with Crippen molar-refractivity contribution >= 4 is 39.5 Å². The fourth-order valence-corrected chi connectivity index (χ4v) is 4.44. The van der Waals surface area contributed by atoms with Gasteiger partial charge in [-0.15, -0.1) is 0 Å². The Morgan fingerprint density at radius 3 is 2.56 bits per heavy atom. The van der Waals surface area contributed by atoms with E-state index in [1.165, 1.54) is 28.0 Å². The van der Waals surface area contributed by atoms with Crippen LogP contribution in [0.1, 0.15) is 12.8 Å². The van der Waals surface area contributed by atoms with Crippen molar-refractivity contribution in [2.24, 2.45) is 0 Å². The molecule has 0 aliphatic carbocycles. The summed E-state index contributed by atoms with van der Waals surface area (Å²) in [5.41, 5.74) is 0. The van der Waals surface area contributed by atoms with E-state index in [9.17, 15) is 22.8 Å². The van der Waals surface area contributed by atoms with Gasteiger partial charge in [0.2, 0.25) is 21.8 Å². The fraction of sp³-hybridized carbons (Fsp3) is 0.438. The van der Waals surface area contributed by atoms with Crippen LogP contribution in [0.15, 0.2) is 29.2 Å². The van der Waals surface area contributed by atoms with Crippen molar-refractivity contribution in [3.8, 4) is 0 Å². The van der Waals surface area contributed by atoms with Gasteiger partial charge >= 0.3 is 6.03 Å². The number of sulfonamides is 1. The van der Waals surface area contributed by atoms with E-state index in [2.05, 4.69) is 10.0 Å². The topological polar surface area (TPSA) is 116 Å². The van der Waals surface area contributed by atoms with E-state index in [1.807, 2.05) is 0 Å². The average molecular weight is 415 g/mol. The lowest BCUT2D eigenvalue weighted by molar-refractivity contribution is -0.132. The zero-order valence-corrected chi connectivity index (χ0v) is 15.9. The lowest BCUT2D eigenvalue weighted by Gasteiger charge is -2.35. The molecule has 2 heterocycles. The van der Waals surface area contributed by atoms with E-state index in [-0.39, 0.29) is 40.9 Å². The van der Waals surface area contributed by atoms with Gasteiger partial charge in [0, 0.05) is 24.2 Å². The summed E-state index contributed by atoms with van der Waals surface area (Å²) in [7, 11) is -3.84. The van der Waals surface area contributed by atoms with Gasteiger partial charge in [0.25, 0.3) is 0 Å². The number of benzene rings is 1. The number of piperidine rings is 1. The molecule has 1 aromatic rings. The number of imide groups is 1. The standard InChI is InChI=1S/C16H19ClN4O5S/c17-11-2-1-3-13(8-11)27(25,26)19-10-14(22)20-6-4-12(5-7-20)21-15(23)9-18-16(21)24/h1-3,8,12,19H,4-7,9-10H2,(H,18,24). The molecule has 0 unspecified atom stereocenters. The Bertz CT molecular complexity index is 851. The second-order valence-electron chi connectivity index (χ2n) is 6.32. The van der Waals surface area contributed by atoms with Gasteiger partial charge in [-0.25, -0.2) is 17.9 Å². The highest BCUT2D eigenvalue weighted by molar-refractivity contribution is 7.89. The van der Waals surface area contributed by atoms with Crippen LogP contribution >= 0.6 is 11.6 Å². The Labute approximate surface area is 161 Å². The number of rotatable bonds is 5. The molecule has 2 N–H and O–H groups in total. The first-order valence-electron chi connectivity index (χ1n) is 8.41. The molecule has 0 radical (unpaired) electrons. The van der Waals surface area contributed by atoms with Crippen molar-refractivity contribution in [3.05, 3.63) is 29.3 Å². The van der Waals surface area contributed by atoms with E-state index >= 15 is 0 Å². The molecule has 0 bridgehead atoms. The molecule has 146 valence electrons. The maximum atomic E-state index is 12.3. The number of urea groups is 1. The van der Waals surface area contributed by atoms with Crippen LogP contribution in [0.25, 0.3) is 0 Å². The van der Waals surface area contributed by atoms with Gasteiger partial charge in [-0.2, -0.15) is 0 Å². The number of nitrogens with one attached hydrogen (secondary N) is 2. The van der Waals surface area contributed by atoms with Gasteiger partial charge in [-0.3, -0.25) is 14.5 Å². The maximum absolute atomic E-state index is 12.3. The third kappa shape index (κ3) is 4.40. The van der Waals surface area contributed by atoms with Gasteiger partial charge in [0.05, 0.1) is 18.0 Å². The number of carbonyl (C=O) groups is 3. The molecule has 9 nitrogen and oxygen atoms in total. The predicted molar refractivity (Wildman–Crippen MR) is 96.5 cm³/mol.